The van der Waals surface area contributed by atoms with Gasteiger partial charge < -0.3 is 20.9 Å². The number of oxime groups is 1. The van der Waals surface area contributed by atoms with Crippen LogP contribution in [0.4, 0.5) is 0 Å². The van der Waals surface area contributed by atoms with E-state index in [1.54, 1.807) is 4.90 Å². The van der Waals surface area contributed by atoms with E-state index in [0.717, 1.165) is 19.3 Å². The van der Waals surface area contributed by atoms with Crippen LogP contribution in [-0.4, -0.2) is 46.1 Å². The van der Waals surface area contributed by atoms with Gasteiger partial charge in [-0.05, 0) is 25.7 Å². The molecule has 0 radical (unpaired) electrons. The van der Waals surface area contributed by atoms with Crippen LogP contribution in [0.5, 0.6) is 0 Å². The van der Waals surface area contributed by atoms with Crippen LogP contribution < -0.4 is 5.73 Å². The smallest absolute Gasteiger partial charge is 0.230 e. The first kappa shape index (κ1) is 12.8. The molecule has 0 bridgehead atoms. The standard InChI is InChI=1S/C10H19N3O3/c11-9(12-16)7-10(15)13-5-2-1-3-8(13)4-6-14/h8,14,16H,1-7H2,(H2,11,12). The Hall–Kier alpha value is -1.30. The molecule has 0 aromatic carbocycles. The van der Waals surface area contributed by atoms with E-state index < -0.39 is 0 Å². The van der Waals surface area contributed by atoms with Gasteiger partial charge in [0.15, 0.2) is 0 Å². The molecule has 92 valence electrons. The Morgan fingerprint density at radius 2 is 2.25 bits per heavy atom. The normalized spacial score (nSPS) is 22.2. The number of aliphatic hydroxyl groups is 1. The van der Waals surface area contributed by atoms with E-state index in [2.05, 4.69) is 5.16 Å². The van der Waals surface area contributed by atoms with E-state index in [1.807, 2.05) is 0 Å². The molecule has 1 heterocycles. The first-order chi connectivity index (χ1) is 7.69. The summed E-state index contributed by atoms with van der Waals surface area (Å²) in [6.07, 6.45) is 3.52. The number of carbonyl (C=O) groups is 1. The molecule has 4 N–H and O–H groups in total. The summed E-state index contributed by atoms with van der Waals surface area (Å²) >= 11 is 0. The highest BCUT2D eigenvalue weighted by molar-refractivity contribution is 5.98. The molecule has 16 heavy (non-hydrogen) atoms. The highest BCUT2D eigenvalue weighted by atomic mass is 16.4. The van der Waals surface area contributed by atoms with Crippen molar-refractivity contribution in [1.82, 2.24) is 4.90 Å². The number of nitrogens with zero attached hydrogens (tertiary/aromatic N) is 2. The van der Waals surface area contributed by atoms with Crippen molar-refractivity contribution in [2.24, 2.45) is 10.9 Å². The zero-order valence-electron chi connectivity index (χ0n) is 9.30. The Morgan fingerprint density at radius 1 is 1.50 bits per heavy atom. The van der Waals surface area contributed by atoms with Crippen molar-refractivity contribution < 1.29 is 15.1 Å². The molecule has 1 saturated heterocycles. The number of aliphatic hydroxyl groups excluding tert-OH is 1. The average Bonchev–Trinajstić information content (AvgIpc) is 2.30. The molecule has 1 aliphatic heterocycles. The molecule has 6 nitrogen and oxygen atoms in total. The molecule has 1 amide bonds. The summed E-state index contributed by atoms with van der Waals surface area (Å²) in [7, 11) is 0. The van der Waals surface area contributed by atoms with Crippen LogP contribution in [0.2, 0.25) is 0 Å². The number of hydrogen-bond donors (Lipinski definition) is 3. The number of carbonyl (C=O) groups excluding carboxylic acids is 1. The second-order valence-electron chi connectivity index (χ2n) is 4.02. The molecule has 1 aliphatic rings. The van der Waals surface area contributed by atoms with E-state index in [4.69, 9.17) is 16.0 Å². The number of piperidine rings is 1. The molecule has 1 rings (SSSR count). The van der Waals surface area contributed by atoms with E-state index in [9.17, 15) is 4.79 Å². The minimum Gasteiger partial charge on any atom is -0.409 e. The van der Waals surface area contributed by atoms with Gasteiger partial charge in [-0.15, -0.1) is 0 Å². The van der Waals surface area contributed by atoms with Gasteiger partial charge in [0.1, 0.15) is 5.84 Å². The zero-order valence-corrected chi connectivity index (χ0v) is 9.30. The van der Waals surface area contributed by atoms with Crippen molar-refractivity contribution in [3.8, 4) is 0 Å². The maximum atomic E-state index is 11.8. The van der Waals surface area contributed by atoms with Crippen LogP contribution in [0.3, 0.4) is 0 Å². The minimum absolute atomic E-state index is 0.0571. The van der Waals surface area contributed by atoms with Gasteiger partial charge in [0.05, 0.1) is 6.42 Å². The molecular formula is C10H19N3O3. The Morgan fingerprint density at radius 3 is 2.88 bits per heavy atom. The molecule has 0 saturated carbocycles. The summed E-state index contributed by atoms with van der Waals surface area (Å²) in [5.41, 5.74) is 5.30. The minimum atomic E-state index is -0.131. The summed E-state index contributed by atoms with van der Waals surface area (Å²) in [4.78, 5) is 13.6. The van der Waals surface area contributed by atoms with Crippen molar-refractivity contribution in [2.45, 2.75) is 38.1 Å². The van der Waals surface area contributed by atoms with Crippen LogP contribution in [0.25, 0.3) is 0 Å². The van der Waals surface area contributed by atoms with Crippen molar-refractivity contribution in [1.29, 1.82) is 0 Å². The largest absolute Gasteiger partial charge is 0.409 e. The summed E-state index contributed by atoms with van der Waals surface area (Å²) in [6, 6.07) is 0.0951. The predicted molar refractivity (Wildman–Crippen MR) is 59.1 cm³/mol. The Labute approximate surface area is 94.7 Å². The van der Waals surface area contributed by atoms with Crippen LogP contribution in [-0.2, 0) is 4.79 Å². The van der Waals surface area contributed by atoms with E-state index in [1.165, 1.54) is 0 Å². The fourth-order valence-corrected chi connectivity index (χ4v) is 2.07. The van der Waals surface area contributed by atoms with Crippen LogP contribution >= 0.6 is 0 Å². The lowest BCUT2D eigenvalue weighted by Crippen LogP contribution is -2.45. The zero-order chi connectivity index (χ0) is 12.0. The summed E-state index contributed by atoms with van der Waals surface area (Å²) in [5, 5.41) is 20.1. The highest BCUT2D eigenvalue weighted by Gasteiger charge is 2.26. The number of rotatable bonds is 4. The second-order valence-corrected chi connectivity index (χ2v) is 4.02. The number of nitrogens with two attached hydrogens (primary N) is 1. The van der Waals surface area contributed by atoms with Gasteiger partial charge in [-0.3, -0.25) is 4.79 Å². The molecule has 1 atom stereocenters. The van der Waals surface area contributed by atoms with Gasteiger partial charge in [0.2, 0.25) is 5.91 Å². The summed E-state index contributed by atoms with van der Waals surface area (Å²) in [5.74, 6) is -0.202. The third kappa shape index (κ3) is 3.37. The van der Waals surface area contributed by atoms with Gasteiger partial charge in [-0.2, -0.15) is 0 Å². The van der Waals surface area contributed by atoms with E-state index in [-0.39, 0.29) is 30.8 Å². The van der Waals surface area contributed by atoms with Gasteiger partial charge >= 0.3 is 0 Å². The molecule has 1 unspecified atom stereocenters. The third-order valence-electron chi connectivity index (χ3n) is 2.87. The molecule has 0 aliphatic carbocycles. The summed E-state index contributed by atoms with van der Waals surface area (Å²) in [6.45, 7) is 0.778. The fourth-order valence-electron chi connectivity index (χ4n) is 2.07. The maximum absolute atomic E-state index is 11.8. The topological polar surface area (TPSA) is 99.2 Å². The van der Waals surface area contributed by atoms with Gasteiger partial charge in [0, 0.05) is 19.2 Å². The number of likely N-dealkylation sites (tertiary alicyclic amines) is 1. The first-order valence-corrected chi connectivity index (χ1v) is 5.55. The van der Waals surface area contributed by atoms with Crippen LogP contribution in [0.15, 0.2) is 5.16 Å². The SMILES string of the molecule is N/C(CC(=O)N1CCCCC1CCO)=N\O. The molecule has 0 aromatic rings. The maximum Gasteiger partial charge on any atom is 0.230 e. The quantitative estimate of drug-likeness (QED) is 0.271. The molecular weight excluding hydrogens is 210 g/mol. The Bertz CT molecular complexity index is 266. The Balaban J connectivity index is 2.56. The van der Waals surface area contributed by atoms with Crippen LogP contribution in [0, 0.1) is 0 Å². The van der Waals surface area contributed by atoms with Crippen LogP contribution in [0.1, 0.15) is 32.1 Å². The lowest BCUT2D eigenvalue weighted by Gasteiger charge is -2.35. The average molecular weight is 229 g/mol. The summed E-state index contributed by atoms with van der Waals surface area (Å²) < 4.78 is 0. The molecule has 0 aromatic heterocycles. The number of hydrogen-bond acceptors (Lipinski definition) is 4. The van der Waals surface area contributed by atoms with Crippen molar-refractivity contribution in [2.75, 3.05) is 13.2 Å². The number of amidine groups is 1. The van der Waals surface area contributed by atoms with E-state index >= 15 is 0 Å². The number of amides is 1. The lowest BCUT2D eigenvalue weighted by atomic mass is 9.99. The lowest BCUT2D eigenvalue weighted by molar-refractivity contribution is -0.133. The molecule has 0 spiro atoms. The van der Waals surface area contributed by atoms with Gasteiger partial charge in [-0.1, -0.05) is 5.16 Å². The Kier molecular flexibility index (Phi) is 5.04. The monoisotopic (exact) mass is 229 g/mol. The highest BCUT2D eigenvalue weighted by Crippen LogP contribution is 2.20. The molecule has 1 fully saturated rings. The van der Waals surface area contributed by atoms with Gasteiger partial charge in [0.25, 0.3) is 0 Å². The third-order valence-corrected chi connectivity index (χ3v) is 2.87. The second kappa shape index (κ2) is 6.32. The van der Waals surface area contributed by atoms with Crippen molar-refractivity contribution >= 4 is 11.7 Å². The fraction of sp³-hybridized carbons (Fsp3) is 0.800. The van der Waals surface area contributed by atoms with E-state index in [0.29, 0.717) is 13.0 Å². The van der Waals surface area contributed by atoms with Crippen molar-refractivity contribution in [3.05, 3.63) is 0 Å². The molecule has 6 heteroatoms. The predicted octanol–water partition coefficient (Wildman–Crippen LogP) is -0.114. The van der Waals surface area contributed by atoms with Gasteiger partial charge in [-0.25, -0.2) is 0 Å². The first-order valence-electron chi connectivity index (χ1n) is 5.55. The van der Waals surface area contributed by atoms with Crippen molar-refractivity contribution in [3.63, 3.8) is 0 Å².